The van der Waals surface area contributed by atoms with Crippen LogP contribution < -0.4 is 0 Å². The van der Waals surface area contributed by atoms with Crippen molar-refractivity contribution in [2.24, 2.45) is 15.4 Å². The number of azo groups is 1. The second kappa shape index (κ2) is 2.00. The standard InChI is InChI=1S/C4H5N3O2/c1-2-3(7-9)4(8)6-5-2/h2-3H,1H3. The predicted octanol–water partition coefficient (Wildman–Crippen LogP) is 0.502. The van der Waals surface area contributed by atoms with Crippen LogP contribution in [0.15, 0.2) is 15.4 Å². The van der Waals surface area contributed by atoms with Crippen LogP contribution in [0.5, 0.6) is 0 Å². The van der Waals surface area contributed by atoms with E-state index in [1.807, 2.05) is 0 Å². The minimum Gasteiger partial charge on any atom is -0.268 e. The molecular weight excluding hydrogens is 122 g/mol. The Kier molecular flexibility index (Phi) is 1.33. The highest BCUT2D eigenvalue weighted by atomic mass is 16.3. The molecule has 9 heavy (non-hydrogen) atoms. The van der Waals surface area contributed by atoms with Gasteiger partial charge in [-0.1, -0.05) is 5.18 Å². The summed E-state index contributed by atoms with van der Waals surface area (Å²) in [4.78, 5) is 20.3. The van der Waals surface area contributed by atoms with E-state index in [-0.39, 0.29) is 6.04 Å². The Morgan fingerprint density at radius 1 is 1.67 bits per heavy atom. The van der Waals surface area contributed by atoms with Crippen molar-refractivity contribution in [3.63, 3.8) is 0 Å². The van der Waals surface area contributed by atoms with Crippen molar-refractivity contribution in [2.45, 2.75) is 19.0 Å². The van der Waals surface area contributed by atoms with Crippen molar-refractivity contribution in [1.29, 1.82) is 0 Å². The van der Waals surface area contributed by atoms with E-state index in [1.165, 1.54) is 0 Å². The van der Waals surface area contributed by atoms with E-state index >= 15 is 0 Å². The Hall–Kier alpha value is -1.13. The molecule has 0 saturated heterocycles. The maximum Gasteiger partial charge on any atom is 0.294 e. The summed E-state index contributed by atoms with van der Waals surface area (Å²) >= 11 is 0. The third-order valence-corrected chi connectivity index (χ3v) is 1.16. The summed E-state index contributed by atoms with van der Waals surface area (Å²) in [7, 11) is 0. The molecule has 0 aromatic rings. The molecule has 0 fully saturated rings. The Labute approximate surface area is 51.1 Å². The van der Waals surface area contributed by atoms with Crippen molar-refractivity contribution >= 4 is 5.91 Å². The molecule has 2 atom stereocenters. The molecule has 5 heteroatoms. The maximum atomic E-state index is 10.5. The third kappa shape index (κ3) is 0.847. The van der Waals surface area contributed by atoms with Gasteiger partial charge in [0.25, 0.3) is 5.91 Å². The second-order valence-electron chi connectivity index (χ2n) is 1.84. The van der Waals surface area contributed by atoms with E-state index in [1.54, 1.807) is 6.92 Å². The van der Waals surface area contributed by atoms with Gasteiger partial charge in [0.2, 0.25) is 0 Å². The Bertz CT molecular complexity index is 177. The monoisotopic (exact) mass is 127 g/mol. The highest BCUT2D eigenvalue weighted by Gasteiger charge is 2.31. The summed E-state index contributed by atoms with van der Waals surface area (Å²) in [6, 6.07) is -1.24. The van der Waals surface area contributed by atoms with Gasteiger partial charge < -0.3 is 0 Å². The van der Waals surface area contributed by atoms with Crippen molar-refractivity contribution < 1.29 is 4.79 Å². The van der Waals surface area contributed by atoms with Crippen LogP contribution in [-0.4, -0.2) is 18.0 Å². The van der Waals surface area contributed by atoms with E-state index in [0.29, 0.717) is 0 Å². The average Bonchev–Trinajstić information content (AvgIpc) is 2.12. The summed E-state index contributed by atoms with van der Waals surface area (Å²) in [5, 5.41) is 9.18. The van der Waals surface area contributed by atoms with Gasteiger partial charge in [-0.05, 0) is 6.92 Å². The molecule has 0 aromatic heterocycles. The van der Waals surface area contributed by atoms with Crippen molar-refractivity contribution in [3.8, 4) is 0 Å². The molecule has 1 heterocycles. The first kappa shape index (κ1) is 6.00. The Balaban J connectivity index is 2.74. The second-order valence-corrected chi connectivity index (χ2v) is 1.84. The first-order valence-electron chi connectivity index (χ1n) is 2.53. The minimum atomic E-state index is -0.870. The lowest BCUT2D eigenvalue weighted by Crippen LogP contribution is -2.20. The van der Waals surface area contributed by atoms with E-state index in [9.17, 15) is 9.70 Å². The fourth-order valence-corrected chi connectivity index (χ4v) is 0.610. The molecule has 48 valence electrons. The van der Waals surface area contributed by atoms with Crippen LogP contribution in [0.2, 0.25) is 0 Å². The number of hydrogen-bond acceptors (Lipinski definition) is 4. The highest BCUT2D eigenvalue weighted by molar-refractivity contribution is 5.84. The fourth-order valence-electron chi connectivity index (χ4n) is 0.610. The smallest absolute Gasteiger partial charge is 0.268 e. The van der Waals surface area contributed by atoms with Gasteiger partial charge in [0.1, 0.15) is 6.04 Å². The van der Waals surface area contributed by atoms with Gasteiger partial charge in [-0.15, -0.1) is 10.0 Å². The van der Waals surface area contributed by atoms with Crippen LogP contribution >= 0.6 is 0 Å². The number of hydrogen-bond donors (Lipinski definition) is 0. The largest absolute Gasteiger partial charge is 0.294 e. The zero-order valence-corrected chi connectivity index (χ0v) is 4.81. The van der Waals surface area contributed by atoms with Gasteiger partial charge >= 0.3 is 0 Å². The molecule has 0 saturated carbocycles. The molecule has 1 aliphatic rings. The van der Waals surface area contributed by atoms with Crippen molar-refractivity contribution in [2.75, 3.05) is 0 Å². The maximum absolute atomic E-state index is 10.5. The number of amides is 1. The number of carbonyl (C=O) groups excluding carboxylic acids is 1. The number of nitroso groups, excluding NO2 is 1. The van der Waals surface area contributed by atoms with Gasteiger partial charge in [0.15, 0.2) is 6.04 Å². The van der Waals surface area contributed by atoms with Crippen LogP contribution in [0, 0.1) is 4.91 Å². The van der Waals surface area contributed by atoms with Crippen LogP contribution in [0.25, 0.3) is 0 Å². The molecule has 0 bridgehead atoms. The number of nitrogens with zero attached hydrogens (tertiary/aromatic N) is 3. The Morgan fingerprint density at radius 3 is 2.56 bits per heavy atom. The molecule has 1 aliphatic heterocycles. The van der Waals surface area contributed by atoms with E-state index < -0.39 is 11.9 Å². The van der Waals surface area contributed by atoms with Crippen LogP contribution in [-0.2, 0) is 4.79 Å². The van der Waals surface area contributed by atoms with Crippen molar-refractivity contribution in [1.82, 2.24) is 0 Å². The van der Waals surface area contributed by atoms with Gasteiger partial charge in [0.05, 0.1) is 0 Å². The lowest BCUT2D eigenvalue weighted by atomic mass is 10.2. The van der Waals surface area contributed by atoms with Crippen LogP contribution in [0.1, 0.15) is 6.92 Å². The molecule has 0 spiro atoms. The summed E-state index contributed by atoms with van der Waals surface area (Å²) in [6.45, 7) is 1.63. The molecule has 0 aliphatic carbocycles. The Morgan fingerprint density at radius 2 is 2.33 bits per heavy atom. The quantitative estimate of drug-likeness (QED) is 0.481. The molecule has 1 amide bonds. The summed E-state index contributed by atoms with van der Waals surface area (Å²) in [6.07, 6.45) is 0. The molecule has 0 aromatic carbocycles. The third-order valence-electron chi connectivity index (χ3n) is 1.16. The minimum absolute atomic E-state index is 0.366. The summed E-state index contributed by atoms with van der Waals surface area (Å²) in [5.41, 5.74) is 0. The van der Waals surface area contributed by atoms with E-state index in [2.05, 4.69) is 15.4 Å². The van der Waals surface area contributed by atoms with E-state index in [0.717, 1.165) is 0 Å². The van der Waals surface area contributed by atoms with Crippen LogP contribution in [0.3, 0.4) is 0 Å². The predicted molar refractivity (Wildman–Crippen MR) is 28.9 cm³/mol. The molecule has 0 radical (unpaired) electrons. The van der Waals surface area contributed by atoms with Gasteiger partial charge in [-0.25, -0.2) is 0 Å². The molecule has 5 nitrogen and oxygen atoms in total. The highest BCUT2D eigenvalue weighted by Crippen LogP contribution is 2.12. The molecular formula is C4H5N3O2. The van der Waals surface area contributed by atoms with Gasteiger partial charge in [-0.2, -0.15) is 5.11 Å². The lowest BCUT2D eigenvalue weighted by Gasteiger charge is -1.96. The zero-order valence-electron chi connectivity index (χ0n) is 4.81. The molecule has 1 rings (SSSR count). The van der Waals surface area contributed by atoms with Gasteiger partial charge in [-0.3, -0.25) is 4.79 Å². The number of carbonyl (C=O) groups is 1. The normalized spacial score (nSPS) is 33.2. The summed E-state index contributed by atoms with van der Waals surface area (Å²) < 4.78 is 0. The van der Waals surface area contributed by atoms with Crippen molar-refractivity contribution in [3.05, 3.63) is 4.91 Å². The first-order valence-corrected chi connectivity index (χ1v) is 2.53. The van der Waals surface area contributed by atoms with Crippen LogP contribution in [0.4, 0.5) is 0 Å². The SMILES string of the molecule is CC1N=NC(=O)C1N=O. The van der Waals surface area contributed by atoms with E-state index in [4.69, 9.17) is 0 Å². The molecule has 0 N–H and O–H groups in total. The first-order chi connectivity index (χ1) is 4.25. The van der Waals surface area contributed by atoms with Gasteiger partial charge in [0, 0.05) is 0 Å². The zero-order chi connectivity index (χ0) is 6.85. The topological polar surface area (TPSA) is 71.2 Å². The number of rotatable bonds is 1. The molecule has 2 unspecified atom stereocenters. The lowest BCUT2D eigenvalue weighted by molar-refractivity contribution is -0.118. The average molecular weight is 127 g/mol. The fraction of sp³-hybridized carbons (Fsp3) is 0.750. The summed E-state index contributed by atoms with van der Waals surface area (Å²) in [5.74, 6) is -0.530.